The van der Waals surface area contributed by atoms with Crippen LogP contribution in [0.2, 0.25) is 0 Å². The number of aliphatic hydroxyl groups excluding tert-OH is 1. The largest absolute Gasteiger partial charge is 0.488 e. The quantitative estimate of drug-likeness (QED) is 0.377. The van der Waals surface area contributed by atoms with Gasteiger partial charge in [0, 0.05) is 11.3 Å². The third kappa shape index (κ3) is 8.23. The summed E-state index contributed by atoms with van der Waals surface area (Å²) in [6.07, 6.45) is 7.16. The molecule has 5 N–H and O–H groups in total. The van der Waals surface area contributed by atoms with Gasteiger partial charge in [0.2, 0.25) is 5.91 Å². The van der Waals surface area contributed by atoms with E-state index in [4.69, 9.17) is 20.9 Å². The van der Waals surface area contributed by atoms with Crippen LogP contribution in [0.5, 0.6) is 5.75 Å². The lowest BCUT2D eigenvalue weighted by atomic mass is 9.88. The van der Waals surface area contributed by atoms with Gasteiger partial charge >= 0.3 is 0 Å². The number of carbonyl (C=O) groups excluding carboxylic acids is 1. The zero-order valence-corrected chi connectivity index (χ0v) is 24.3. The number of hydrogen-bond acceptors (Lipinski definition) is 7. The van der Waals surface area contributed by atoms with Crippen LogP contribution in [-0.4, -0.2) is 45.7 Å². The Kier molecular flexibility index (Phi) is 11.0. The van der Waals surface area contributed by atoms with Gasteiger partial charge in [-0.25, -0.2) is 4.99 Å². The van der Waals surface area contributed by atoms with Gasteiger partial charge in [-0.1, -0.05) is 39.7 Å². The highest BCUT2D eigenvalue weighted by Crippen LogP contribution is 2.33. The molecular weight excluding hydrogens is 492 g/mol. The summed E-state index contributed by atoms with van der Waals surface area (Å²) in [5.74, 6) is 1.60. The van der Waals surface area contributed by atoms with E-state index in [1.54, 1.807) is 25.1 Å². The Hall–Kier alpha value is -3.52. The van der Waals surface area contributed by atoms with Crippen LogP contribution in [0.1, 0.15) is 77.8 Å². The molecule has 1 aromatic rings. The van der Waals surface area contributed by atoms with Gasteiger partial charge in [-0.3, -0.25) is 9.69 Å². The molecule has 39 heavy (non-hydrogen) atoms. The Morgan fingerprint density at radius 2 is 1.95 bits per heavy atom. The van der Waals surface area contributed by atoms with Gasteiger partial charge < -0.3 is 26.0 Å². The first-order valence-corrected chi connectivity index (χ1v) is 13.5. The van der Waals surface area contributed by atoms with Crippen LogP contribution >= 0.6 is 0 Å². The molecule has 0 fully saturated rings. The first-order valence-electron chi connectivity index (χ1n) is 13.5. The fourth-order valence-electron chi connectivity index (χ4n) is 4.47. The SMILES string of the molecule is C=C(N)c1ccc(OC(C)CO)c(CN2C(=O)CC(CC)(CC)N=C2N)c1.C=CC1=C(C=C)OC(C)(C)CC1. The lowest BCUT2D eigenvalue weighted by Crippen LogP contribution is -2.50. The van der Waals surface area contributed by atoms with Crippen molar-refractivity contribution in [3.05, 3.63) is 72.5 Å². The van der Waals surface area contributed by atoms with Crippen molar-refractivity contribution in [2.75, 3.05) is 6.61 Å². The van der Waals surface area contributed by atoms with Crippen LogP contribution in [-0.2, 0) is 16.1 Å². The molecule has 0 aliphatic carbocycles. The topological polar surface area (TPSA) is 123 Å². The summed E-state index contributed by atoms with van der Waals surface area (Å²) in [5, 5.41) is 9.28. The van der Waals surface area contributed by atoms with Gasteiger partial charge in [-0.05, 0) is 81.9 Å². The molecule has 2 aliphatic heterocycles. The molecular formula is C31H46N4O4. The lowest BCUT2D eigenvalue weighted by Gasteiger charge is -2.36. The van der Waals surface area contributed by atoms with Crippen molar-refractivity contribution in [2.45, 2.75) is 90.5 Å². The molecule has 0 spiro atoms. The second-order valence-electron chi connectivity index (χ2n) is 10.7. The minimum Gasteiger partial charge on any atom is -0.488 e. The highest BCUT2D eigenvalue weighted by Gasteiger charge is 2.37. The van der Waals surface area contributed by atoms with Gasteiger partial charge in [0.25, 0.3) is 0 Å². The number of nitrogens with two attached hydrogens (primary N) is 2. The van der Waals surface area contributed by atoms with Gasteiger partial charge in [-0.2, -0.15) is 0 Å². The van der Waals surface area contributed by atoms with Crippen molar-refractivity contribution in [2.24, 2.45) is 16.5 Å². The Morgan fingerprint density at radius 3 is 2.46 bits per heavy atom. The maximum atomic E-state index is 12.8. The van der Waals surface area contributed by atoms with Crippen LogP contribution in [0.3, 0.4) is 0 Å². The third-order valence-corrected chi connectivity index (χ3v) is 7.20. The van der Waals surface area contributed by atoms with Gasteiger partial charge in [0.05, 0.1) is 25.1 Å². The second-order valence-corrected chi connectivity index (χ2v) is 10.7. The summed E-state index contributed by atoms with van der Waals surface area (Å²) < 4.78 is 11.5. The molecule has 8 nitrogen and oxygen atoms in total. The van der Waals surface area contributed by atoms with Gasteiger partial charge in [0.15, 0.2) is 5.96 Å². The van der Waals surface area contributed by atoms with Crippen LogP contribution < -0.4 is 16.2 Å². The molecule has 0 aromatic heterocycles. The standard InChI is InChI=1S/C20H30N4O3.C11H16O/c1-5-20(6-2)10-18(26)24(19(22)23-20)11-16-9-15(14(4)21)7-8-17(16)27-13(3)12-25;1-5-9-7-8-11(3,4)12-10(9)6-2/h7-9,13,25H,4-6,10-12,21H2,1-3H3,(H2,22,23);5-6H,1-2,7-8H2,3-4H3. The van der Waals surface area contributed by atoms with E-state index in [-0.39, 0.29) is 36.7 Å². The van der Waals surface area contributed by atoms with E-state index < -0.39 is 5.54 Å². The molecule has 0 saturated heterocycles. The number of hydrogen-bond donors (Lipinski definition) is 3. The van der Waals surface area contributed by atoms with E-state index in [0.29, 0.717) is 17.9 Å². The predicted octanol–water partition coefficient (Wildman–Crippen LogP) is 5.18. The van der Waals surface area contributed by atoms with E-state index in [1.807, 2.05) is 26.0 Å². The second kappa shape index (κ2) is 13.5. The summed E-state index contributed by atoms with van der Waals surface area (Å²) in [6.45, 7) is 21.3. The molecule has 2 heterocycles. The average Bonchev–Trinajstić information content (AvgIpc) is 2.90. The van der Waals surface area contributed by atoms with Crippen molar-refractivity contribution in [3.8, 4) is 5.75 Å². The molecule has 1 aromatic carbocycles. The monoisotopic (exact) mass is 538 g/mol. The number of aliphatic hydroxyl groups is 1. The van der Waals surface area contributed by atoms with E-state index in [0.717, 1.165) is 42.6 Å². The number of aliphatic imine (C=N–C) groups is 1. The highest BCUT2D eigenvalue weighted by atomic mass is 16.5. The number of rotatable bonds is 10. The minimum atomic E-state index is -0.421. The Labute approximate surface area is 233 Å². The summed E-state index contributed by atoms with van der Waals surface area (Å²) in [4.78, 5) is 18.9. The molecule has 0 bridgehead atoms. The van der Waals surface area contributed by atoms with Crippen molar-refractivity contribution in [1.82, 2.24) is 4.90 Å². The van der Waals surface area contributed by atoms with Crippen LogP contribution in [0.25, 0.3) is 5.70 Å². The Bertz CT molecular complexity index is 1130. The maximum absolute atomic E-state index is 12.8. The first kappa shape index (κ1) is 31.7. The fourth-order valence-corrected chi connectivity index (χ4v) is 4.47. The van der Waals surface area contributed by atoms with Crippen molar-refractivity contribution in [1.29, 1.82) is 0 Å². The number of ether oxygens (including phenoxy) is 2. The lowest BCUT2D eigenvalue weighted by molar-refractivity contribution is -0.130. The van der Waals surface area contributed by atoms with Crippen molar-refractivity contribution < 1.29 is 19.4 Å². The van der Waals surface area contributed by atoms with Crippen LogP contribution in [0, 0.1) is 0 Å². The van der Waals surface area contributed by atoms with Crippen molar-refractivity contribution in [3.63, 3.8) is 0 Å². The summed E-state index contributed by atoms with van der Waals surface area (Å²) >= 11 is 0. The summed E-state index contributed by atoms with van der Waals surface area (Å²) in [5.41, 5.74) is 14.6. The first-order chi connectivity index (χ1) is 18.3. The number of carbonyl (C=O) groups is 1. The zero-order valence-electron chi connectivity index (χ0n) is 24.3. The normalized spacial score (nSPS) is 18.7. The molecule has 1 amide bonds. The fraction of sp³-hybridized carbons (Fsp3) is 0.484. The number of guanidine groups is 1. The molecule has 214 valence electrons. The maximum Gasteiger partial charge on any atom is 0.232 e. The van der Waals surface area contributed by atoms with E-state index in [1.165, 1.54) is 10.5 Å². The summed E-state index contributed by atoms with van der Waals surface area (Å²) in [6, 6.07) is 5.38. The number of benzene rings is 1. The molecule has 1 atom stereocenters. The average molecular weight is 539 g/mol. The molecule has 2 aliphatic rings. The van der Waals surface area contributed by atoms with E-state index >= 15 is 0 Å². The highest BCUT2D eigenvalue weighted by molar-refractivity contribution is 5.99. The third-order valence-electron chi connectivity index (χ3n) is 7.20. The van der Waals surface area contributed by atoms with Crippen LogP contribution in [0.15, 0.2) is 66.4 Å². The van der Waals surface area contributed by atoms with Gasteiger partial charge in [-0.15, -0.1) is 0 Å². The molecule has 0 saturated carbocycles. The molecule has 3 rings (SSSR count). The predicted molar refractivity (Wildman–Crippen MR) is 159 cm³/mol. The van der Waals surface area contributed by atoms with Crippen molar-refractivity contribution >= 4 is 17.6 Å². The smallest absolute Gasteiger partial charge is 0.232 e. The number of allylic oxidation sites excluding steroid dienone is 3. The molecule has 1 unspecified atom stereocenters. The number of nitrogens with zero attached hydrogens (tertiary/aromatic N) is 2. The minimum absolute atomic E-state index is 0.0456. The van der Waals surface area contributed by atoms with Gasteiger partial charge in [0.1, 0.15) is 23.2 Å². The van der Waals surface area contributed by atoms with E-state index in [9.17, 15) is 9.90 Å². The summed E-state index contributed by atoms with van der Waals surface area (Å²) in [7, 11) is 0. The Morgan fingerprint density at radius 1 is 1.28 bits per heavy atom. The molecule has 0 radical (unpaired) electrons. The van der Waals surface area contributed by atoms with E-state index in [2.05, 4.69) is 38.6 Å². The Balaban J connectivity index is 0.000000370. The molecule has 8 heteroatoms. The zero-order chi connectivity index (χ0) is 29.4. The number of amides is 1. The van der Waals surface area contributed by atoms with Crippen LogP contribution in [0.4, 0.5) is 0 Å².